The molecule has 1 aliphatic heterocycles. The molecule has 0 N–H and O–H groups in total. The monoisotopic (exact) mass is 480 g/mol. The van der Waals surface area contributed by atoms with Gasteiger partial charge in [0.05, 0.1) is 17.5 Å². The minimum atomic E-state index is -0.548. The number of hydrogen-bond donors (Lipinski definition) is 0. The zero-order chi connectivity index (χ0) is 25.1. The second kappa shape index (κ2) is 10.6. The molecule has 0 amide bonds. The van der Waals surface area contributed by atoms with Crippen LogP contribution >= 0.6 is 0 Å². The van der Waals surface area contributed by atoms with Gasteiger partial charge in [0.25, 0.3) is 0 Å². The average Bonchev–Trinajstić information content (AvgIpc) is 2.73. The van der Waals surface area contributed by atoms with Crippen LogP contribution in [0.1, 0.15) is 75.5 Å². The number of rotatable bonds is 6. The molecule has 0 aromatic heterocycles. The van der Waals surface area contributed by atoms with Gasteiger partial charge in [-0.1, -0.05) is 39.3 Å². The summed E-state index contributed by atoms with van der Waals surface area (Å²) in [6.07, 6.45) is 6.48. The Balaban J connectivity index is 0.00000432. The van der Waals surface area contributed by atoms with E-state index in [0.29, 0.717) is 28.2 Å². The van der Waals surface area contributed by atoms with Crippen LogP contribution in [0.2, 0.25) is 0 Å². The van der Waals surface area contributed by atoms with Crippen LogP contribution in [0, 0.1) is 12.3 Å². The van der Waals surface area contributed by atoms with E-state index in [1.165, 1.54) is 6.92 Å². The van der Waals surface area contributed by atoms with E-state index < -0.39 is 24.7 Å². The molecule has 186 valence electrons. The average molecular weight is 481 g/mol. The fourth-order valence-electron chi connectivity index (χ4n) is 4.18. The lowest BCUT2D eigenvalue weighted by atomic mass is 9.72. The van der Waals surface area contributed by atoms with Crippen molar-refractivity contribution in [3.8, 4) is 23.8 Å². The van der Waals surface area contributed by atoms with Gasteiger partial charge in [-0.25, -0.2) is 4.79 Å². The maximum atomic E-state index is 12.9. The number of fused-ring (bicyclic) bond motifs is 1. The highest BCUT2D eigenvalue weighted by atomic mass is 16.7. The summed E-state index contributed by atoms with van der Waals surface area (Å²) in [5.41, 5.74) is 1.74. The molecule has 0 saturated carbocycles. The van der Waals surface area contributed by atoms with Crippen LogP contribution in [-0.4, -0.2) is 30.3 Å². The predicted octanol–water partition coefficient (Wildman–Crippen LogP) is 4.97. The molecule has 2 aromatic rings. The molecule has 0 bridgehead atoms. The van der Waals surface area contributed by atoms with Crippen LogP contribution < -0.4 is 9.47 Å². The molecule has 3 rings (SSSR count). The molecule has 35 heavy (non-hydrogen) atoms. The lowest BCUT2D eigenvalue weighted by Crippen LogP contribution is -2.41. The van der Waals surface area contributed by atoms with Crippen molar-refractivity contribution in [1.29, 1.82) is 0 Å². The normalized spacial score (nSPS) is 14.7. The molecule has 0 fully saturated rings. The number of carbonyl (C=O) groups is 3. The van der Waals surface area contributed by atoms with E-state index in [2.05, 4.69) is 24.5 Å². The fourth-order valence-corrected chi connectivity index (χ4v) is 4.18. The summed E-state index contributed by atoms with van der Waals surface area (Å²) in [4.78, 5) is 35.4. The quantitative estimate of drug-likeness (QED) is 0.250. The van der Waals surface area contributed by atoms with Crippen molar-refractivity contribution in [2.45, 2.75) is 65.9 Å². The summed E-state index contributed by atoms with van der Waals surface area (Å²) in [5.74, 6) is 1.95. The van der Waals surface area contributed by atoms with Crippen molar-refractivity contribution >= 4 is 17.9 Å². The van der Waals surface area contributed by atoms with Gasteiger partial charge in [0.15, 0.2) is 0 Å². The van der Waals surface area contributed by atoms with Gasteiger partial charge in [-0.3, -0.25) is 9.59 Å². The van der Waals surface area contributed by atoms with Gasteiger partial charge in [-0.2, -0.15) is 0 Å². The summed E-state index contributed by atoms with van der Waals surface area (Å²) in [6, 6.07) is 9.85. The fraction of sp³-hybridized carbons (Fsp3) is 0.393. The van der Waals surface area contributed by atoms with E-state index in [-0.39, 0.29) is 24.9 Å². The van der Waals surface area contributed by atoms with Crippen molar-refractivity contribution in [1.82, 2.24) is 0 Å². The van der Waals surface area contributed by atoms with Crippen LogP contribution in [0.5, 0.6) is 11.5 Å². The van der Waals surface area contributed by atoms with Gasteiger partial charge in [0.1, 0.15) is 17.1 Å². The van der Waals surface area contributed by atoms with Crippen LogP contribution in [0.3, 0.4) is 0 Å². The first kappa shape index (κ1) is 27.5. The van der Waals surface area contributed by atoms with E-state index in [1.807, 2.05) is 13.8 Å². The maximum Gasteiger partial charge on any atom is 0.343 e. The summed E-state index contributed by atoms with van der Waals surface area (Å²) in [5, 5.41) is 0. The van der Waals surface area contributed by atoms with Gasteiger partial charge in [0.2, 0.25) is 6.79 Å². The maximum absolute atomic E-state index is 12.9. The first-order valence-corrected chi connectivity index (χ1v) is 10.8. The highest BCUT2D eigenvalue weighted by Gasteiger charge is 2.40. The molecule has 0 unspecified atom stereocenters. The topological polar surface area (TPSA) is 88.1 Å². The Morgan fingerprint density at radius 2 is 1.71 bits per heavy atom. The first-order valence-electron chi connectivity index (χ1n) is 10.8. The molecule has 1 aliphatic rings. The van der Waals surface area contributed by atoms with Gasteiger partial charge in [0, 0.05) is 12.5 Å². The zero-order valence-electron chi connectivity index (χ0n) is 20.0. The van der Waals surface area contributed by atoms with Gasteiger partial charge >= 0.3 is 17.9 Å². The number of ether oxygens (including phenoxy) is 4. The van der Waals surface area contributed by atoms with Crippen LogP contribution in [0.15, 0.2) is 36.4 Å². The Bertz CT molecular complexity index is 1150. The Hall–Kier alpha value is -3.79. The molecule has 7 heteroatoms. The molecule has 0 saturated heterocycles. The predicted molar refractivity (Wildman–Crippen MR) is 131 cm³/mol. The van der Waals surface area contributed by atoms with Crippen molar-refractivity contribution in [2.24, 2.45) is 0 Å². The van der Waals surface area contributed by atoms with Crippen molar-refractivity contribution < 1.29 is 33.3 Å². The third kappa shape index (κ3) is 6.86. The number of benzene rings is 2. The second-order valence-corrected chi connectivity index (χ2v) is 9.45. The van der Waals surface area contributed by atoms with Crippen molar-refractivity contribution in [3.63, 3.8) is 0 Å². The van der Waals surface area contributed by atoms with E-state index in [9.17, 15) is 14.4 Å². The summed E-state index contributed by atoms with van der Waals surface area (Å²) in [6.45, 7) is 9.03. The van der Waals surface area contributed by atoms with Crippen molar-refractivity contribution in [2.75, 3.05) is 6.79 Å². The largest absolute Gasteiger partial charge is 0.486 e. The Labute approximate surface area is 206 Å². The number of terminal acetylenes is 1. The first-order chi connectivity index (χ1) is 15.9. The SMILES string of the molecule is C.C#Cc1cc(C(=O)Oc2ccc(CC(=O)OCOC(C)=O)cc2)cc2c1OC(C)(C)CC2(C)C. The van der Waals surface area contributed by atoms with Crippen LogP contribution in [-0.2, 0) is 30.9 Å². The lowest BCUT2D eigenvalue weighted by molar-refractivity contribution is -0.165. The highest BCUT2D eigenvalue weighted by Crippen LogP contribution is 2.46. The molecular weight excluding hydrogens is 448 g/mol. The standard InChI is InChI=1S/C27H28O7.CH4/c1-7-19-13-20(14-22-24(19)34-27(5,6)15-26(22,3)4)25(30)33-21-10-8-18(9-11-21)12-23(29)32-16-31-17(2)28;/h1,8-11,13-14H,12,15-16H2,2-6H3;1H4. The molecule has 0 atom stereocenters. The summed E-state index contributed by atoms with van der Waals surface area (Å²) >= 11 is 0. The minimum absolute atomic E-state index is 0. The Morgan fingerprint density at radius 1 is 1.06 bits per heavy atom. The summed E-state index contributed by atoms with van der Waals surface area (Å²) < 4.78 is 21.1. The molecule has 2 aromatic carbocycles. The number of esters is 3. The zero-order valence-corrected chi connectivity index (χ0v) is 20.0. The lowest BCUT2D eigenvalue weighted by Gasteiger charge is -2.43. The summed E-state index contributed by atoms with van der Waals surface area (Å²) in [7, 11) is 0. The molecule has 1 heterocycles. The third-order valence-electron chi connectivity index (χ3n) is 5.42. The van der Waals surface area contributed by atoms with E-state index in [0.717, 1.165) is 12.0 Å². The number of carbonyl (C=O) groups excluding carboxylic acids is 3. The number of hydrogen-bond acceptors (Lipinski definition) is 7. The van der Waals surface area contributed by atoms with Gasteiger partial charge in [-0.05, 0) is 55.5 Å². The van der Waals surface area contributed by atoms with Gasteiger partial charge in [-0.15, -0.1) is 6.42 Å². The Morgan fingerprint density at radius 3 is 2.31 bits per heavy atom. The Kier molecular flexibility index (Phi) is 8.35. The van der Waals surface area contributed by atoms with E-state index in [1.54, 1.807) is 36.4 Å². The molecule has 0 spiro atoms. The second-order valence-electron chi connectivity index (χ2n) is 9.45. The van der Waals surface area contributed by atoms with E-state index >= 15 is 0 Å². The molecule has 0 aliphatic carbocycles. The minimum Gasteiger partial charge on any atom is -0.486 e. The van der Waals surface area contributed by atoms with Crippen molar-refractivity contribution in [3.05, 3.63) is 58.7 Å². The highest BCUT2D eigenvalue weighted by molar-refractivity contribution is 5.92. The van der Waals surface area contributed by atoms with Crippen LogP contribution in [0.25, 0.3) is 0 Å². The molecule has 7 nitrogen and oxygen atoms in total. The van der Waals surface area contributed by atoms with Gasteiger partial charge < -0.3 is 18.9 Å². The molecule has 0 radical (unpaired) electrons. The molecular formula is C28H32O7. The third-order valence-corrected chi connectivity index (χ3v) is 5.42. The van der Waals surface area contributed by atoms with E-state index in [4.69, 9.17) is 20.6 Å². The smallest absolute Gasteiger partial charge is 0.343 e. The van der Waals surface area contributed by atoms with Crippen LogP contribution in [0.4, 0.5) is 0 Å².